The molecule has 1 aromatic carbocycles. The maximum Gasteiger partial charge on any atom is 0.271 e. The highest BCUT2D eigenvalue weighted by Gasteiger charge is 2.40. The molecule has 0 aliphatic carbocycles. The molecule has 0 heterocycles. The van der Waals surface area contributed by atoms with E-state index in [0.29, 0.717) is 0 Å². The van der Waals surface area contributed by atoms with Crippen molar-refractivity contribution in [3.63, 3.8) is 0 Å². The largest absolute Gasteiger partial charge is 0.541 e. The Balaban J connectivity index is 3.33. The number of rotatable bonds is 6. The van der Waals surface area contributed by atoms with E-state index in [-0.39, 0.29) is 28.0 Å². The number of hydrogen-bond donors (Lipinski definition) is 0. The molecular formula is C15H24ClFO4SSi. The second-order valence-corrected chi connectivity index (χ2v) is 13.6. The first-order valence-electron chi connectivity index (χ1n) is 7.33. The lowest BCUT2D eigenvalue weighted by Gasteiger charge is -2.37. The Morgan fingerprint density at radius 1 is 1.26 bits per heavy atom. The van der Waals surface area contributed by atoms with Crippen LogP contribution in [0.4, 0.5) is 4.39 Å². The molecule has 1 rings (SSSR count). The molecule has 0 aromatic heterocycles. The highest BCUT2D eigenvalue weighted by atomic mass is 35.5. The third kappa shape index (κ3) is 5.17. The summed E-state index contributed by atoms with van der Waals surface area (Å²) in [5.41, 5.74) is 0.213. The fourth-order valence-corrected chi connectivity index (χ4v) is 3.85. The van der Waals surface area contributed by atoms with E-state index in [9.17, 15) is 12.8 Å². The SMILES string of the molecule is CCOS(=O)(=O)Cc1ccc(Cl)c(F)c1O[Si](C)(C)C(C)(C)C. The molecule has 0 saturated heterocycles. The average Bonchev–Trinajstić information content (AvgIpc) is 2.36. The molecule has 0 atom stereocenters. The van der Waals surface area contributed by atoms with Gasteiger partial charge in [0.2, 0.25) is 0 Å². The van der Waals surface area contributed by atoms with Gasteiger partial charge in [0.1, 0.15) is 11.5 Å². The Labute approximate surface area is 144 Å². The number of halogens is 2. The molecule has 1 aromatic rings. The Morgan fingerprint density at radius 2 is 1.83 bits per heavy atom. The number of benzene rings is 1. The zero-order valence-corrected chi connectivity index (χ0v) is 16.9. The summed E-state index contributed by atoms with van der Waals surface area (Å²) in [5.74, 6) is -1.29. The molecule has 0 fully saturated rings. The van der Waals surface area contributed by atoms with Crippen LogP contribution in [-0.4, -0.2) is 23.3 Å². The normalized spacial score (nSPS) is 13.2. The smallest absolute Gasteiger partial charge is 0.271 e. The minimum Gasteiger partial charge on any atom is -0.541 e. The lowest BCUT2D eigenvalue weighted by molar-refractivity contribution is 0.337. The maximum atomic E-state index is 14.5. The van der Waals surface area contributed by atoms with Gasteiger partial charge in [-0.2, -0.15) is 8.42 Å². The summed E-state index contributed by atoms with van der Waals surface area (Å²) in [6.45, 7) is 11.5. The third-order valence-corrected chi connectivity index (χ3v) is 9.80. The van der Waals surface area contributed by atoms with Gasteiger partial charge in [0.15, 0.2) is 5.82 Å². The minimum atomic E-state index is -3.80. The van der Waals surface area contributed by atoms with Gasteiger partial charge in [-0.15, -0.1) is 0 Å². The van der Waals surface area contributed by atoms with Crippen LogP contribution in [0.2, 0.25) is 23.2 Å². The predicted octanol–water partition coefficient (Wildman–Crippen LogP) is 4.73. The van der Waals surface area contributed by atoms with Crippen LogP contribution in [0.25, 0.3) is 0 Å². The summed E-state index contributed by atoms with van der Waals surface area (Å²) < 4.78 is 49.0. The molecule has 4 nitrogen and oxygen atoms in total. The van der Waals surface area contributed by atoms with Gasteiger partial charge in [-0.05, 0) is 31.1 Å². The van der Waals surface area contributed by atoms with Crippen molar-refractivity contribution in [3.8, 4) is 5.75 Å². The van der Waals surface area contributed by atoms with E-state index >= 15 is 0 Å². The second kappa shape index (κ2) is 7.09. The van der Waals surface area contributed by atoms with Crippen LogP contribution in [0.15, 0.2) is 12.1 Å². The first-order chi connectivity index (χ1) is 10.3. The van der Waals surface area contributed by atoms with Gasteiger partial charge in [0.25, 0.3) is 18.4 Å². The monoisotopic (exact) mass is 382 g/mol. The minimum absolute atomic E-state index is 0.0246. The van der Waals surface area contributed by atoms with E-state index in [4.69, 9.17) is 20.2 Å². The van der Waals surface area contributed by atoms with Gasteiger partial charge in [-0.25, -0.2) is 4.39 Å². The van der Waals surface area contributed by atoms with Gasteiger partial charge in [-0.1, -0.05) is 38.4 Å². The molecule has 0 radical (unpaired) electrons. The van der Waals surface area contributed by atoms with Crippen molar-refractivity contribution in [3.05, 3.63) is 28.5 Å². The van der Waals surface area contributed by atoms with E-state index in [1.54, 1.807) is 6.92 Å². The van der Waals surface area contributed by atoms with Crippen LogP contribution >= 0.6 is 11.6 Å². The first kappa shape index (κ1) is 20.4. The number of hydrogen-bond acceptors (Lipinski definition) is 4. The molecule has 0 N–H and O–H groups in total. The lowest BCUT2D eigenvalue weighted by atomic mass is 10.2. The fraction of sp³-hybridized carbons (Fsp3) is 0.600. The van der Waals surface area contributed by atoms with Gasteiger partial charge in [0, 0.05) is 5.56 Å². The highest BCUT2D eigenvalue weighted by Crippen LogP contribution is 2.40. The summed E-state index contributed by atoms with van der Waals surface area (Å²) in [7, 11) is -6.16. The molecule has 0 amide bonds. The van der Waals surface area contributed by atoms with Crippen LogP contribution in [-0.2, 0) is 20.1 Å². The van der Waals surface area contributed by atoms with Crippen molar-refractivity contribution >= 4 is 30.0 Å². The van der Waals surface area contributed by atoms with Gasteiger partial charge < -0.3 is 4.43 Å². The highest BCUT2D eigenvalue weighted by molar-refractivity contribution is 7.85. The standard InChI is InChI=1S/C15H24ClFO4SSi/c1-7-20-22(18,19)10-11-8-9-12(16)13(17)14(11)21-23(5,6)15(2,3)4/h8-9H,7,10H2,1-6H3. The van der Waals surface area contributed by atoms with Gasteiger partial charge in [-0.3, -0.25) is 4.18 Å². The quantitative estimate of drug-likeness (QED) is 0.527. The van der Waals surface area contributed by atoms with E-state index in [1.165, 1.54) is 12.1 Å². The van der Waals surface area contributed by atoms with Crippen molar-refractivity contribution in [2.45, 2.75) is 51.6 Å². The van der Waals surface area contributed by atoms with Crippen LogP contribution in [0.3, 0.4) is 0 Å². The Kier molecular flexibility index (Phi) is 6.29. The third-order valence-electron chi connectivity index (χ3n) is 3.92. The van der Waals surface area contributed by atoms with Crippen molar-refractivity contribution < 1.29 is 21.4 Å². The zero-order valence-electron chi connectivity index (χ0n) is 14.4. The predicted molar refractivity (Wildman–Crippen MR) is 93.5 cm³/mol. The molecule has 0 aliphatic rings. The Morgan fingerprint density at radius 3 is 2.30 bits per heavy atom. The van der Waals surface area contributed by atoms with E-state index < -0.39 is 30.0 Å². The van der Waals surface area contributed by atoms with E-state index in [2.05, 4.69) is 0 Å². The van der Waals surface area contributed by atoms with Crippen molar-refractivity contribution in [2.75, 3.05) is 6.61 Å². The lowest BCUT2D eigenvalue weighted by Crippen LogP contribution is -2.44. The molecule has 8 heteroatoms. The summed E-state index contributed by atoms with van der Waals surface area (Å²) in [4.78, 5) is 0. The second-order valence-electron chi connectivity index (χ2n) is 6.82. The summed E-state index contributed by atoms with van der Waals surface area (Å²) >= 11 is 5.84. The molecule has 23 heavy (non-hydrogen) atoms. The molecule has 0 saturated carbocycles. The van der Waals surface area contributed by atoms with Crippen molar-refractivity contribution in [1.82, 2.24) is 0 Å². The summed E-state index contributed by atoms with van der Waals surface area (Å²) in [6, 6.07) is 2.79. The van der Waals surface area contributed by atoms with Crippen molar-refractivity contribution in [2.24, 2.45) is 0 Å². The fourth-order valence-electron chi connectivity index (χ4n) is 1.62. The van der Waals surface area contributed by atoms with Crippen LogP contribution in [0.1, 0.15) is 33.3 Å². The topological polar surface area (TPSA) is 52.6 Å². The maximum absolute atomic E-state index is 14.5. The van der Waals surface area contributed by atoms with Crippen LogP contribution < -0.4 is 4.43 Å². The summed E-state index contributed by atoms with van der Waals surface area (Å²) in [5, 5.41) is -0.270. The Bertz CT molecular complexity index is 669. The van der Waals surface area contributed by atoms with Crippen LogP contribution in [0, 0.1) is 5.82 Å². The van der Waals surface area contributed by atoms with E-state index in [1.807, 2.05) is 33.9 Å². The molecular weight excluding hydrogens is 359 g/mol. The first-order valence-corrected chi connectivity index (χ1v) is 12.2. The van der Waals surface area contributed by atoms with Gasteiger partial charge in [0.05, 0.1) is 11.6 Å². The van der Waals surface area contributed by atoms with Gasteiger partial charge >= 0.3 is 0 Å². The Hall–Kier alpha value is -0.633. The molecule has 0 aliphatic heterocycles. The van der Waals surface area contributed by atoms with E-state index in [0.717, 1.165) is 0 Å². The molecule has 0 spiro atoms. The van der Waals surface area contributed by atoms with Crippen LogP contribution in [0.5, 0.6) is 5.75 Å². The summed E-state index contributed by atoms with van der Waals surface area (Å²) in [6.07, 6.45) is 0. The molecule has 132 valence electrons. The average molecular weight is 383 g/mol. The molecule has 0 bridgehead atoms. The van der Waals surface area contributed by atoms with Crippen molar-refractivity contribution in [1.29, 1.82) is 0 Å². The zero-order chi connectivity index (χ0) is 18.1. The molecule has 0 unspecified atom stereocenters.